The topological polar surface area (TPSA) is 72.2 Å². The second-order valence-electron chi connectivity index (χ2n) is 6.97. The molecule has 4 N–H and O–H groups in total. The molecule has 0 aliphatic carbocycles. The second-order valence-corrected chi connectivity index (χ2v) is 7.86. The third-order valence-electron chi connectivity index (χ3n) is 4.85. The summed E-state index contributed by atoms with van der Waals surface area (Å²) in [5.74, 6) is 0.899. The first-order chi connectivity index (χ1) is 13.0. The van der Waals surface area contributed by atoms with Crippen LogP contribution in [0.4, 0.5) is 0 Å². The number of benzene rings is 2. The van der Waals surface area contributed by atoms with Gasteiger partial charge in [0.05, 0.1) is 0 Å². The molecule has 1 saturated heterocycles. The van der Waals surface area contributed by atoms with Gasteiger partial charge >= 0.3 is 0 Å². The van der Waals surface area contributed by atoms with Gasteiger partial charge in [0.15, 0.2) is 5.79 Å². The molecule has 0 radical (unpaired) electrons. The van der Waals surface area contributed by atoms with Crippen LogP contribution in [-0.4, -0.2) is 11.5 Å². The molecule has 1 aliphatic rings. The van der Waals surface area contributed by atoms with Gasteiger partial charge in [-0.1, -0.05) is 35.9 Å². The number of aryl methyl sites for hydroxylation is 2. The lowest BCUT2D eigenvalue weighted by atomic mass is 9.99. The maximum atomic E-state index is 6.58. The third-order valence-corrected chi connectivity index (χ3v) is 5.76. The minimum absolute atomic E-state index is 0.0714. The molecule has 0 spiro atoms. The maximum absolute atomic E-state index is 6.58. The van der Waals surface area contributed by atoms with E-state index < -0.39 is 5.79 Å². The SMILES string of the molecule is Cc1ccc(Oc2ccccc2C2CCNC(N)(c3nccs3)N2)c(C)c1. The highest BCUT2D eigenvalue weighted by atomic mass is 32.1. The molecule has 0 bridgehead atoms. The van der Waals surface area contributed by atoms with Crippen LogP contribution in [0.15, 0.2) is 54.0 Å². The smallest absolute Gasteiger partial charge is 0.175 e. The Kier molecular flexibility index (Phi) is 4.97. The molecule has 1 aromatic heterocycles. The molecule has 4 rings (SSSR count). The lowest BCUT2D eigenvalue weighted by Crippen LogP contribution is -2.65. The number of rotatable bonds is 4. The van der Waals surface area contributed by atoms with E-state index in [0.29, 0.717) is 0 Å². The van der Waals surface area contributed by atoms with Gasteiger partial charge in [0.2, 0.25) is 0 Å². The number of nitrogens with zero attached hydrogens (tertiary/aromatic N) is 1. The Hall–Kier alpha value is -2.25. The van der Waals surface area contributed by atoms with Crippen LogP contribution in [0.25, 0.3) is 0 Å². The molecule has 3 aromatic rings. The van der Waals surface area contributed by atoms with Crippen LogP contribution in [0.2, 0.25) is 0 Å². The summed E-state index contributed by atoms with van der Waals surface area (Å²) in [5.41, 5.74) is 10.0. The molecule has 1 aliphatic heterocycles. The van der Waals surface area contributed by atoms with Gasteiger partial charge in [0, 0.05) is 29.7 Å². The zero-order chi connectivity index (χ0) is 18.9. The molecule has 2 aromatic carbocycles. The van der Waals surface area contributed by atoms with Crippen molar-refractivity contribution in [2.45, 2.75) is 32.1 Å². The highest BCUT2D eigenvalue weighted by Gasteiger charge is 2.36. The van der Waals surface area contributed by atoms with Crippen molar-refractivity contribution >= 4 is 11.3 Å². The van der Waals surface area contributed by atoms with Crippen molar-refractivity contribution in [3.05, 3.63) is 75.7 Å². The molecule has 0 saturated carbocycles. The molecule has 6 heteroatoms. The number of nitrogens with one attached hydrogen (secondary N) is 2. The van der Waals surface area contributed by atoms with Gasteiger partial charge in [-0.2, -0.15) is 0 Å². The van der Waals surface area contributed by atoms with E-state index in [1.165, 1.54) is 5.56 Å². The second kappa shape index (κ2) is 7.40. The Morgan fingerprint density at radius 3 is 2.81 bits per heavy atom. The number of ether oxygens (including phenoxy) is 1. The molecule has 2 atom stereocenters. The van der Waals surface area contributed by atoms with E-state index in [1.54, 1.807) is 17.5 Å². The van der Waals surface area contributed by atoms with Gasteiger partial charge in [0.1, 0.15) is 16.5 Å². The van der Waals surface area contributed by atoms with Gasteiger partial charge in [0.25, 0.3) is 0 Å². The normalized spacial score (nSPS) is 22.6. The number of thiazole rings is 1. The predicted octanol–water partition coefficient (Wildman–Crippen LogP) is 3.95. The molecule has 1 fully saturated rings. The highest BCUT2D eigenvalue weighted by Crippen LogP contribution is 2.35. The average Bonchev–Trinajstić information content (AvgIpc) is 3.20. The van der Waals surface area contributed by atoms with Gasteiger partial charge in [-0.3, -0.25) is 16.4 Å². The molecule has 0 amide bonds. The number of hydrogen-bond acceptors (Lipinski definition) is 6. The number of hydrogen-bond donors (Lipinski definition) is 3. The van der Waals surface area contributed by atoms with E-state index in [1.807, 2.05) is 29.6 Å². The summed E-state index contributed by atoms with van der Waals surface area (Å²) in [6, 6.07) is 14.5. The lowest BCUT2D eigenvalue weighted by molar-refractivity contribution is 0.183. The van der Waals surface area contributed by atoms with Crippen LogP contribution >= 0.6 is 11.3 Å². The van der Waals surface area contributed by atoms with Gasteiger partial charge < -0.3 is 4.74 Å². The summed E-state index contributed by atoms with van der Waals surface area (Å²) >= 11 is 1.54. The summed E-state index contributed by atoms with van der Waals surface area (Å²) in [6.45, 7) is 4.95. The van der Waals surface area contributed by atoms with E-state index in [4.69, 9.17) is 10.5 Å². The Balaban J connectivity index is 1.62. The van der Waals surface area contributed by atoms with Crippen molar-refractivity contribution in [3.8, 4) is 11.5 Å². The fourth-order valence-electron chi connectivity index (χ4n) is 3.49. The molecule has 5 nitrogen and oxygen atoms in total. The minimum atomic E-state index is -0.829. The van der Waals surface area contributed by atoms with Crippen molar-refractivity contribution in [2.24, 2.45) is 5.73 Å². The quantitative estimate of drug-likeness (QED) is 0.639. The zero-order valence-electron chi connectivity index (χ0n) is 15.5. The Labute approximate surface area is 163 Å². The van der Waals surface area contributed by atoms with E-state index >= 15 is 0 Å². The van der Waals surface area contributed by atoms with Crippen LogP contribution in [0.5, 0.6) is 11.5 Å². The minimum Gasteiger partial charge on any atom is -0.457 e. The number of aromatic nitrogens is 1. The zero-order valence-corrected chi connectivity index (χ0v) is 16.3. The number of para-hydroxylation sites is 1. The van der Waals surface area contributed by atoms with E-state index in [9.17, 15) is 0 Å². The summed E-state index contributed by atoms with van der Waals surface area (Å²) in [7, 11) is 0. The van der Waals surface area contributed by atoms with Crippen molar-refractivity contribution in [1.29, 1.82) is 0 Å². The molecule has 2 heterocycles. The number of nitrogens with two attached hydrogens (primary N) is 1. The fourth-order valence-corrected chi connectivity index (χ4v) is 4.18. The summed E-state index contributed by atoms with van der Waals surface area (Å²) in [6.07, 6.45) is 2.69. The standard InChI is InChI=1S/C21H24N4OS/c1-14-7-8-18(15(2)13-14)26-19-6-4-3-5-16(19)17-9-10-24-21(22,25-17)20-23-11-12-27-20/h3-8,11-13,17,24-25H,9-10,22H2,1-2H3. The predicted molar refractivity (Wildman–Crippen MR) is 109 cm³/mol. The van der Waals surface area contributed by atoms with Crippen molar-refractivity contribution in [1.82, 2.24) is 15.6 Å². The maximum Gasteiger partial charge on any atom is 0.175 e. The Bertz CT molecular complexity index is 928. The van der Waals surface area contributed by atoms with Crippen molar-refractivity contribution in [3.63, 3.8) is 0 Å². The van der Waals surface area contributed by atoms with Gasteiger partial charge in [-0.25, -0.2) is 4.98 Å². The largest absolute Gasteiger partial charge is 0.457 e. The fraction of sp³-hybridized carbons (Fsp3) is 0.286. The first-order valence-corrected chi connectivity index (χ1v) is 9.99. The molecule has 140 valence electrons. The molecular formula is C21H24N4OS. The van der Waals surface area contributed by atoms with Gasteiger partial charge in [-0.05, 0) is 38.0 Å². The highest BCUT2D eigenvalue weighted by molar-refractivity contribution is 7.09. The van der Waals surface area contributed by atoms with Crippen molar-refractivity contribution in [2.75, 3.05) is 6.54 Å². The summed E-state index contributed by atoms with van der Waals surface area (Å²) in [4.78, 5) is 4.39. The molecule has 27 heavy (non-hydrogen) atoms. The average molecular weight is 381 g/mol. The van der Waals surface area contributed by atoms with Crippen LogP contribution < -0.4 is 21.1 Å². The monoisotopic (exact) mass is 380 g/mol. The first kappa shape index (κ1) is 18.1. The first-order valence-electron chi connectivity index (χ1n) is 9.11. The van der Waals surface area contributed by atoms with Crippen LogP contribution in [-0.2, 0) is 5.79 Å². The lowest BCUT2D eigenvalue weighted by Gasteiger charge is -2.39. The van der Waals surface area contributed by atoms with Crippen LogP contribution in [0.1, 0.15) is 34.2 Å². The molecular weight excluding hydrogens is 356 g/mol. The van der Waals surface area contributed by atoms with E-state index in [0.717, 1.165) is 40.6 Å². The van der Waals surface area contributed by atoms with Crippen molar-refractivity contribution < 1.29 is 4.74 Å². The van der Waals surface area contributed by atoms with Crippen LogP contribution in [0.3, 0.4) is 0 Å². The van der Waals surface area contributed by atoms with E-state index in [2.05, 4.69) is 47.7 Å². The van der Waals surface area contributed by atoms with E-state index in [-0.39, 0.29) is 6.04 Å². The molecule has 2 unspecified atom stereocenters. The Morgan fingerprint density at radius 1 is 1.19 bits per heavy atom. The van der Waals surface area contributed by atoms with Crippen LogP contribution in [0, 0.1) is 13.8 Å². The third kappa shape index (κ3) is 3.75. The summed E-state index contributed by atoms with van der Waals surface area (Å²) < 4.78 is 6.29. The Morgan fingerprint density at radius 2 is 2.04 bits per heavy atom. The summed E-state index contributed by atoms with van der Waals surface area (Å²) in [5, 5.41) is 9.66. The van der Waals surface area contributed by atoms with Gasteiger partial charge in [-0.15, -0.1) is 11.3 Å².